The first kappa shape index (κ1) is 32.7. The summed E-state index contributed by atoms with van der Waals surface area (Å²) < 4.78 is 58.9. The lowest BCUT2D eigenvalue weighted by atomic mass is 10.0. The van der Waals surface area contributed by atoms with Crippen LogP contribution in [0, 0.1) is 12.3 Å². The number of halogens is 3. The first-order valence-electron chi connectivity index (χ1n) is 11.6. The van der Waals surface area contributed by atoms with Gasteiger partial charge in [-0.2, -0.15) is 17.9 Å². The molecule has 0 aliphatic carbocycles. The summed E-state index contributed by atoms with van der Waals surface area (Å²) in [5.74, 6) is -4.73. The maximum atomic E-state index is 12.5. The number of nitrogen functional groups attached to an aromatic ring is 1. The van der Waals surface area contributed by atoms with Gasteiger partial charge in [-0.05, 0) is 30.2 Å². The number of alkyl halides is 3. The molecule has 0 saturated carbocycles. The minimum absolute atomic E-state index is 0.0495. The molecule has 2 aromatic rings. The van der Waals surface area contributed by atoms with Crippen LogP contribution in [0.25, 0.3) is 0 Å². The third kappa shape index (κ3) is 10.2. The zero-order valence-corrected chi connectivity index (χ0v) is 22.1. The quantitative estimate of drug-likeness (QED) is 0.171. The molecular weight excluding hydrogens is 575 g/mol. The maximum absolute atomic E-state index is 12.5. The van der Waals surface area contributed by atoms with E-state index >= 15 is 0 Å². The molecule has 13 nitrogen and oxygen atoms in total. The number of aryl methyl sites for hydroxylation is 1. The van der Waals surface area contributed by atoms with Crippen LogP contribution in [0.1, 0.15) is 29.5 Å². The highest BCUT2D eigenvalue weighted by Crippen LogP contribution is 2.19. The van der Waals surface area contributed by atoms with Crippen molar-refractivity contribution in [2.45, 2.75) is 43.0 Å². The summed E-state index contributed by atoms with van der Waals surface area (Å²) in [5, 5.41) is 30.4. The number of carbonyl (C=O) groups excluding carboxylic acids is 1. The molecule has 0 radical (unpaired) electrons. The number of carboxylic acids is 2. The Hall–Kier alpha value is -4.51. The van der Waals surface area contributed by atoms with Crippen molar-refractivity contribution in [3.8, 4) is 0 Å². The van der Waals surface area contributed by atoms with Gasteiger partial charge >= 0.3 is 18.1 Å². The standard InChI is InChI=1S/C22H25N5O6S.C2HF3O2/c1-13-3-2-4-17(9-13)34(31,32)27-19(22(29)30)12-25-20(28)11-16-10-18(26-33-16)14-5-7-15(8-6-14)21(23)24;3-2(4,5)1(6)7/h2-9,16,19,27H,10-12H2,1H3,(H3,23,24)(H,25,28)(H,29,30);(H,6,7)/t16-,19-;/m0./s1. The Balaban J connectivity index is 0.000000745. The lowest BCUT2D eigenvalue weighted by Gasteiger charge is -2.16. The number of nitrogens with one attached hydrogen (secondary N) is 3. The van der Waals surface area contributed by atoms with Gasteiger partial charge in [-0.3, -0.25) is 15.0 Å². The molecule has 2 atom stereocenters. The minimum atomic E-state index is -5.08. The number of amides is 1. The molecule has 1 amide bonds. The van der Waals surface area contributed by atoms with Crippen LogP contribution >= 0.6 is 0 Å². The second-order valence-electron chi connectivity index (χ2n) is 8.60. The van der Waals surface area contributed by atoms with Crippen LogP contribution in [0.3, 0.4) is 0 Å². The molecule has 41 heavy (non-hydrogen) atoms. The van der Waals surface area contributed by atoms with Gasteiger partial charge in [-0.25, -0.2) is 13.2 Å². The second-order valence-corrected chi connectivity index (χ2v) is 10.3. The summed E-state index contributed by atoms with van der Waals surface area (Å²) in [6.07, 6.45) is -5.36. The second kappa shape index (κ2) is 13.7. The zero-order valence-electron chi connectivity index (χ0n) is 21.3. The van der Waals surface area contributed by atoms with E-state index in [0.29, 0.717) is 23.3 Å². The summed E-state index contributed by atoms with van der Waals surface area (Å²) in [7, 11) is -4.09. The van der Waals surface area contributed by atoms with Crippen molar-refractivity contribution in [2.24, 2.45) is 10.9 Å². The van der Waals surface area contributed by atoms with Crippen molar-refractivity contribution in [2.75, 3.05) is 6.54 Å². The number of hydrogen-bond acceptors (Lipinski definition) is 8. The number of benzene rings is 2. The van der Waals surface area contributed by atoms with Crippen LogP contribution in [0.2, 0.25) is 0 Å². The fraction of sp³-hybridized carbons (Fsp3) is 0.292. The summed E-state index contributed by atoms with van der Waals surface area (Å²) in [4.78, 5) is 38.0. The highest BCUT2D eigenvalue weighted by Gasteiger charge is 2.38. The largest absolute Gasteiger partial charge is 0.490 e. The number of hydrogen-bond donors (Lipinski definition) is 6. The predicted octanol–water partition coefficient (Wildman–Crippen LogP) is 1.34. The van der Waals surface area contributed by atoms with Crippen molar-refractivity contribution in [1.82, 2.24) is 10.0 Å². The van der Waals surface area contributed by atoms with Crippen LogP contribution < -0.4 is 15.8 Å². The van der Waals surface area contributed by atoms with Crippen LogP contribution in [0.15, 0.2) is 58.6 Å². The van der Waals surface area contributed by atoms with E-state index in [1.165, 1.54) is 12.1 Å². The molecule has 0 saturated heterocycles. The first-order valence-corrected chi connectivity index (χ1v) is 13.0. The molecule has 0 spiro atoms. The van der Waals surface area contributed by atoms with Crippen LogP contribution in [0.5, 0.6) is 0 Å². The molecule has 1 heterocycles. The lowest BCUT2D eigenvalue weighted by molar-refractivity contribution is -0.192. The minimum Gasteiger partial charge on any atom is -0.480 e. The first-order chi connectivity index (χ1) is 19.0. The van der Waals surface area contributed by atoms with E-state index < -0.39 is 52.7 Å². The van der Waals surface area contributed by atoms with E-state index in [9.17, 15) is 36.3 Å². The molecule has 0 unspecified atom stereocenters. The molecule has 1 aliphatic heterocycles. The Morgan fingerprint density at radius 2 is 1.78 bits per heavy atom. The van der Waals surface area contributed by atoms with E-state index in [0.717, 1.165) is 5.56 Å². The molecule has 17 heteroatoms. The Kier molecular flexibility index (Phi) is 10.9. The maximum Gasteiger partial charge on any atom is 0.490 e. The van der Waals surface area contributed by atoms with E-state index in [2.05, 4.69) is 15.2 Å². The number of rotatable bonds is 10. The van der Waals surface area contributed by atoms with E-state index in [-0.39, 0.29) is 17.2 Å². The van der Waals surface area contributed by atoms with Crippen LogP contribution in [0.4, 0.5) is 13.2 Å². The number of sulfonamides is 1. The molecule has 0 aromatic heterocycles. The number of nitrogens with zero attached hydrogens (tertiary/aromatic N) is 1. The van der Waals surface area contributed by atoms with E-state index in [1.54, 1.807) is 43.3 Å². The van der Waals surface area contributed by atoms with E-state index in [4.69, 9.17) is 25.9 Å². The molecule has 0 bridgehead atoms. The van der Waals surface area contributed by atoms with Crippen molar-refractivity contribution in [1.29, 1.82) is 5.41 Å². The average molecular weight is 602 g/mol. The molecule has 3 rings (SSSR count). The summed E-state index contributed by atoms with van der Waals surface area (Å²) in [6, 6.07) is 11.4. The third-order valence-corrected chi connectivity index (χ3v) is 6.79. The Bertz CT molecular complexity index is 1430. The van der Waals surface area contributed by atoms with Gasteiger partial charge in [-0.1, -0.05) is 41.6 Å². The van der Waals surface area contributed by atoms with Gasteiger partial charge in [0.2, 0.25) is 15.9 Å². The number of carbonyl (C=O) groups is 3. The van der Waals surface area contributed by atoms with Crippen LogP contribution in [-0.4, -0.2) is 72.9 Å². The molecule has 2 aromatic carbocycles. The monoisotopic (exact) mass is 601 g/mol. The Morgan fingerprint density at radius 1 is 1.17 bits per heavy atom. The van der Waals surface area contributed by atoms with Gasteiger partial charge in [-0.15, -0.1) is 0 Å². The molecular formula is C24H26F3N5O8S. The predicted molar refractivity (Wildman–Crippen MR) is 138 cm³/mol. The van der Waals surface area contributed by atoms with Gasteiger partial charge in [0.1, 0.15) is 18.0 Å². The zero-order chi connectivity index (χ0) is 31.0. The smallest absolute Gasteiger partial charge is 0.480 e. The number of oxime groups is 1. The molecule has 1 aliphatic rings. The Morgan fingerprint density at radius 3 is 2.29 bits per heavy atom. The fourth-order valence-electron chi connectivity index (χ4n) is 3.26. The normalized spacial score (nSPS) is 15.4. The van der Waals surface area contributed by atoms with Gasteiger partial charge in [0.25, 0.3) is 0 Å². The summed E-state index contributed by atoms with van der Waals surface area (Å²) >= 11 is 0. The average Bonchev–Trinajstić information content (AvgIpc) is 3.34. The highest BCUT2D eigenvalue weighted by atomic mass is 32.2. The number of aliphatic carboxylic acids is 2. The summed E-state index contributed by atoms with van der Waals surface area (Å²) in [6.45, 7) is 1.28. The van der Waals surface area contributed by atoms with Crippen LogP contribution in [-0.2, 0) is 29.2 Å². The van der Waals surface area contributed by atoms with Crippen molar-refractivity contribution >= 4 is 39.4 Å². The highest BCUT2D eigenvalue weighted by molar-refractivity contribution is 7.89. The van der Waals surface area contributed by atoms with Gasteiger partial charge in [0.15, 0.2) is 0 Å². The van der Waals surface area contributed by atoms with Crippen molar-refractivity contribution in [3.63, 3.8) is 0 Å². The van der Waals surface area contributed by atoms with Crippen molar-refractivity contribution < 1.29 is 51.0 Å². The molecule has 7 N–H and O–H groups in total. The third-order valence-electron chi connectivity index (χ3n) is 5.32. The summed E-state index contributed by atoms with van der Waals surface area (Å²) in [5.41, 5.74) is 8.12. The van der Waals surface area contributed by atoms with Gasteiger partial charge in [0.05, 0.1) is 17.0 Å². The van der Waals surface area contributed by atoms with Gasteiger partial charge < -0.3 is 26.1 Å². The number of carboxylic acid groups (broad SMARTS) is 2. The van der Waals surface area contributed by atoms with Gasteiger partial charge in [0, 0.05) is 18.5 Å². The molecule has 0 fully saturated rings. The Labute approximate surface area is 231 Å². The number of nitrogens with two attached hydrogens (primary N) is 1. The van der Waals surface area contributed by atoms with E-state index in [1.807, 2.05) is 0 Å². The fourth-order valence-corrected chi connectivity index (χ4v) is 4.56. The van der Waals surface area contributed by atoms with Crippen molar-refractivity contribution in [3.05, 3.63) is 65.2 Å². The lowest BCUT2D eigenvalue weighted by Crippen LogP contribution is -2.48. The topological polar surface area (TPSA) is 221 Å². The number of amidine groups is 1. The molecule has 222 valence electrons. The SMILES string of the molecule is Cc1cccc(S(=O)(=O)N[C@@H](CNC(=O)C[C@@H]2CC(c3ccc(C(=N)N)cc3)=NO2)C(=O)O)c1.O=C(O)C(F)(F)F.